The zero-order valence-electron chi connectivity index (χ0n) is 9.68. The number of sulfonamides is 1. The second-order valence-corrected chi connectivity index (χ2v) is 6.37. The summed E-state index contributed by atoms with van der Waals surface area (Å²) in [7, 11) is -3.91. The standard InChI is InChI=1S/C12H10BrFN2O2S/c13-9-4-5-11(14)12(7-9)19(17,18)16-8-10-3-1-2-6-15-10/h1-7,16H,8H2. The third-order valence-corrected chi connectivity index (χ3v) is 4.26. The number of hydrogen-bond donors (Lipinski definition) is 1. The summed E-state index contributed by atoms with van der Waals surface area (Å²) in [6, 6.07) is 8.91. The van der Waals surface area contributed by atoms with Crippen LogP contribution in [0, 0.1) is 5.82 Å². The van der Waals surface area contributed by atoms with Crippen LogP contribution in [0.2, 0.25) is 0 Å². The van der Waals surface area contributed by atoms with Crippen LogP contribution in [0.25, 0.3) is 0 Å². The Morgan fingerprint density at radius 3 is 2.74 bits per heavy atom. The highest BCUT2D eigenvalue weighted by atomic mass is 79.9. The third-order valence-electron chi connectivity index (χ3n) is 2.35. The highest BCUT2D eigenvalue weighted by Crippen LogP contribution is 2.19. The molecule has 0 unspecified atom stereocenters. The summed E-state index contributed by atoms with van der Waals surface area (Å²) in [4.78, 5) is 3.59. The number of benzene rings is 1. The molecule has 0 aliphatic carbocycles. The summed E-state index contributed by atoms with van der Waals surface area (Å²) < 4.78 is 40.3. The molecule has 2 rings (SSSR count). The van der Waals surface area contributed by atoms with E-state index in [9.17, 15) is 12.8 Å². The highest BCUT2D eigenvalue weighted by molar-refractivity contribution is 9.10. The molecule has 0 atom stereocenters. The molecule has 0 saturated carbocycles. The molecule has 1 N–H and O–H groups in total. The molecule has 0 aliphatic rings. The van der Waals surface area contributed by atoms with Crippen molar-refractivity contribution in [3.63, 3.8) is 0 Å². The van der Waals surface area contributed by atoms with Gasteiger partial charge in [0.25, 0.3) is 0 Å². The minimum atomic E-state index is -3.91. The van der Waals surface area contributed by atoms with Crippen LogP contribution in [0.5, 0.6) is 0 Å². The molecule has 7 heteroatoms. The number of nitrogens with one attached hydrogen (secondary N) is 1. The normalized spacial score (nSPS) is 11.5. The maximum Gasteiger partial charge on any atom is 0.243 e. The number of rotatable bonds is 4. The monoisotopic (exact) mass is 344 g/mol. The van der Waals surface area contributed by atoms with E-state index in [4.69, 9.17) is 0 Å². The van der Waals surface area contributed by atoms with Gasteiger partial charge in [-0.2, -0.15) is 0 Å². The Morgan fingerprint density at radius 1 is 1.26 bits per heavy atom. The minimum Gasteiger partial charge on any atom is -0.260 e. The topological polar surface area (TPSA) is 59.1 Å². The third kappa shape index (κ3) is 3.59. The van der Waals surface area contributed by atoms with Crippen molar-refractivity contribution in [3.8, 4) is 0 Å². The van der Waals surface area contributed by atoms with Gasteiger partial charge in [0.1, 0.15) is 10.7 Å². The van der Waals surface area contributed by atoms with Crippen molar-refractivity contribution in [2.75, 3.05) is 0 Å². The summed E-state index contributed by atoms with van der Waals surface area (Å²) in [6.07, 6.45) is 1.56. The van der Waals surface area contributed by atoms with E-state index in [1.165, 1.54) is 12.1 Å². The van der Waals surface area contributed by atoms with Crippen molar-refractivity contribution in [1.29, 1.82) is 0 Å². The molecule has 0 amide bonds. The maximum absolute atomic E-state index is 13.5. The Hall–Kier alpha value is -1.31. The molecule has 4 nitrogen and oxygen atoms in total. The first-order valence-corrected chi connectivity index (χ1v) is 7.61. The predicted octanol–water partition coefficient (Wildman–Crippen LogP) is 2.46. The lowest BCUT2D eigenvalue weighted by atomic mass is 10.3. The van der Waals surface area contributed by atoms with E-state index >= 15 is 0 Å². The Bertz CT molecular complexity index is 677. The first-order valence-electron chi connectivity index (χ1n) is 5.34. The molecule has 0 bridgehead atoms. The van der Waals surface area contributed by atoms with Gasteiger partial charge < -0.3 is 0 Å². The van der Waals surface area contributed by atoms with Gasteiger partial charge in [0, 0.05) is 10.7 Å². The van der Waals surface area contributed by atoms with Crippen LogP contribution in [0.3, 0.4) is 0 Å². The van der Waals surface area contributed by atoms with Gasteiger partial charge in [-0.15, -0.1) is 0 Å². The Kier molecular flexibility index (Phi) is 4.28. The van der Waals surface area contributed by atoms with Crippen LogP contribution in [-0.4, -0.2) is 13.4 Å². The molecule has 19 heavy (non-hydrogen) atoms. The second kappa shape index (κ2) is 5.77. The average molecular weight is 345 g/mol. The molecule has 1 heterocycles. The first kappa shape index (κ1) is 14.1. The number of aromatic nitrogens is 1. The van der Waals surface area contributed by atoms with Crippen LogP contribution in [0.1, 0.15) is 5.69 Å². The van der Waals surface area contributed by atoms with Crippen molar-refractivity contribution >= 4 is 26.0 Å². The summed E-state index contributed by atoms with van der Waals surface area (Å²) in [5, 5.41) is 0. The molecule has 1 aromatic heterocycles. The summed E-state index contributed by atoms with van der Waals surface area (Å²) in [5.41, 5.74) is 0.557. The maximum atomic E-state index is 13.5. The van der Waals surface area contributed by atoms with Gasteiger partial charge in [0.2, 0.25) is 10.0 Å². The quantitative estimate of drug-likeness (QED) is 0.926. The summed E-state index contributed by atoms with van der Waals surface area (Å²) in [6.45, 7) is 0.00905. The van der Waals surface area contributed by atoms with Crippen molar-refractivity contribution in [2.45, 2.75) is 11.4 Å². The highest BCUT2D eigenvalue weighted by Gasteiger charge is 2.19. The molecule has 1 aromatic carbocycles. The molecule has 0 saturated heterocycles. The van der Waals surface area contributed by atoms with Gasteiger partial charge in [-0.25, -0.2) is 17.5 Å². The van der Waals surface area contributed by atoms with Crippen molar-refractivity contribution in [1.82, 2.24) is 9.71 Å². The van der Waals surface area contributed by atoms with E-state index in [0.717, 1.165) is 6.07 Å². The molecule has 0 spiro atoms. The van der Waals surface area contributed by atoms with E-state index < -0.39 is 20.7 Å². The largest absolute Gasteiger partial charge is 0.260 e. The molecular weight excluding hydrogens is 335 g/mol. The van der Waals surface area contributed by atoms with Crippen LogP contribution in [0.4, 0.5) is 4.39 Å². The molecule has 100 valence electrons. The molecule has 0 fully saturated rings. The zero-order valence-corrected chi connectivity index (χ0v) is 12.1. The van der Waals surface area contributed by atoms with Crippen LogP contribution >= 0.6 is 15.9 Å². The van der Waals surface area contributed by atoms with Gasteiger partial charge in [-0.3, -0.25) is 4.98 Å². The molecule has 0 aliphatic heterocycles. The van der Waals surface area contributed by atoms with E-state index in [0.29, 0.717) is 10.2 Å². The molecule has 2 aromatic rings. The lowest BCUT2D eigenvalue weighted by Gasteiger charge is -2.07. The smallest absolute Gasteiger partial charge is 0.243 e. The fraction of sp³-hybridized carbons (Fsp3) is 0.0833. The van der Waals surface area contributed by atoms with Crippen LogP contribution < -0.4 is 4.72 Å². The van der Waals surface area contributed by atoms with Crippen molar-refractivity contribution < 1.29 is 12.8 Å². The summed E-state index contributed by atoms with van der Waals surface area (Å²) in [5.74, 6) is -0.795. The SMILES string of the molecule is O=S(=O)(NCc1ccccn1)c1cc(Br)ccc1F. The zero-order chi connectivity index (χ0) is 13.9. The van der Waals surface area contributed by atoms with Gasteiger partial charge >= 0.3 is 0 Å². The average Bonchev–Trinajstić information content (AvgIpc) is 2.40. The Labute approximate surface area is 118 Å². The first-order chi connectivity index (χ1) is 8.99. The number of nitrogens with zero attached hydrogens (tertiary/aromatic N) is 1. The number of hydrogen-bond acceptors (Lipinski definition) is 3. The van der Waals surface area contributed by atoms with Crippen LogP contribution in [0.15, 0.2) is 52.0 Å². The van der Waals surface area contributed by atoms with E-state index in [-0.39, 0.29) is 6.54 Å². The van der Waals surface area contributed by atoms with Gasteiger partial charge in [-0.1, -0.05) is 22.0 Å². The van der Waals surface area contributed by atoms with Gasteiger partial charge in [0.15, 0.2) is 0 Å². The number of halogens is 2. The number of pyridine rings is 1. The van der Waals surface area contributed by atoms with Gasteiger partial charge in [-0.05, 0) is 30.3 Å². The van der Waals surface area contributed by atoms with Crippen molar-refractivity contribution in [3.05, 3.63) is 58.6 Å². The fourth-order valence-corrected chi connectivity index (χ4v) is 3.05. The van der Waals surface area contributed by atoms with Crippen molar-refractivity contribution in [2.24, 2.45) is 0 Å². The lowest BCUT2D eigenvalue weighted by Crippen LogP contribution is -2.24. The molecular formula is C12H10BrFN2O2S. The summed E-state index contributed by atoms with van der Waals surface area (Å²) >= 11 is 3.11. The minimum absolute atomic E-state index is 0.00905. The fourth-order valence-electron chi connectivity index (χ4n) is 1.43. The lowest BCUT2D eigenvalue weighted by molar-refractivity contribution is 0.556. The molecule has 0 radical (unpaired) electrons. The van der Waals surface area contributed by atoms with E-state index in [1.807, 2.05) is 0 Å². The Balaban J connectivity index is 2.21. The second-order valence-electron chi connectivity index (χ2n) is 3.72. The van der Waals surface area contributed by atoms with Gasteiger partial charge in [0.05, 0.1) is 12.2 Å². The van der Waals surface area contributed by atoms with E-state index in [1.54, 1.807) is 24.4 Å². The van der Waals surface area contributed by atoms with Crippen LogP contribution in [-0.2, 0) is 16.6 Å². The Morgan fingerprint density at radius 2 is 2.05 bits per heavy atom. The predicted molar refractivity (Wildman–Crippen MR) is 72.4 cm³/mol. The van der Waals surface area contributed by atoms with E-state index in [2.05, 4.69) is 25.6 Å².